The van der Waals surface area contributed by atoms with Gasteiger partial charge in [0.1, 0.15) is 18.2 Å². The Bertz CT molecular complexity index is 713. The first kappa shape index (κ1) is 25.2. The summed E-state index contributed by atoms with van der Waals surface area (Å²) >= 11 is 0. The maximum Gasteiger partial charge on any atom is 0.407 e. The molecule has 0 aromatic heterocycles. The molecule has 0 aromatic carbocycles. The lowest BCUT2D eigenvalue weighted by Gasteiger charge is -2.34. The van der Waals surface area contributed by atoms with Crippen LogP contribution in [-0.2, 0) is 19.1 Å². The predicted octanol–water partition coefficient (Wildman–Crippen LogP) is -0.131. The summed E-state index contributed by atoms with van der Waals surface area (Å²) in [5, 5.41) is 18.2. The van der Waals surface area contributed by atoms with Crippen LogP contribution in [0.5, 0.6) is 0 Å². The number of amides is 4. The number of carbonyl (C=O) groups excluding carboxylic acids is 4. The summed E-state index contributed by atoms with van der Waals surface area (Å²) in [6, 6.07) is -1.88. The fourth-order valence-electron chi connectivity index (χ4n) is 2.77. The molecule has 0 heterocycles. The molecule has 0 spiro atoms. The number of nitrogens with one attached hydrogen (secondary N) is 3. The highest BCUT2D eigenvalue weighted by Crippen LogP contribution is 2.24. The second-order valence-electron chi connectivity index (χ2n) is 8.43. The Hall–Kier alpha value is -2.88. The van der Waals surface area contributed by atoms with E-state index in [0.29, 0.717) is 0 Å². The summed E-state index contributed by atoms with van der Waals surface area (Å²) in [7, 11) is 0. The van der Waals surface area contributed by atoms with E-state index in [4.69, 9.17) is 10.5 Å². The minimum Gasteiger partial charge on any atom is -0.443 e. The van der Waals surface area contributed by atoms with Gasteiger partial charge in [0.25, 0.3) is 0 Å². The fourth-order valence-corrected chi connectivity index (χ4v) is 2.77. The van der Waals surface area contributed by atoms with Gasteiger partial charge in [0.15, 0.2) is 0 Å². The van der Waals surface area contributed by atoms with Crippen molar-refractivity contribution in [3.63, 3.8) is 0 Å². The third-order valence-electron chi connectivity index (χ3n) is 4.28. The lowest BCUT2D eigenvalue weighted by Crippen LogP contribution is -2.53. The average molecular weight is 424 g/mol. The van der Waals surface area contributed by atoms with Crippen LogP contribution in [0.1, 0.15) is 40.5 Å². The first-order valence-corrected chi connectivity index (χ1v) is 9.67. The number of ether oxygens (including phenoxy) is 1. The predicted molar refractivity (Wildman–Crippen MR) is 110 cm³/mol. The van der Waals surface area contributed by atoms with Gasteiger partial charge < -0.3 is 31.5 Å². The van der Waals surface area contributed by atoms with Gasteiger partial charge in [-0.05, 0) is 12.3 Å². The minimum absolute atomic E-state index is 0.106. The zero-order valence-corrected chi connectivity index (χ0v) is 17.9. The molecule has 0 aliphatic heterocycles. The molecule has 1 rings (SSSR count). The summed E-state index contributed by atoms with van der Waals surface area (Å²) in [6.07, 6.45) is -0.224. The minimum atomic E-state index is -1.27. The lowest BCUT2D eigenvalue weighted by atomic mass is 9.88. The second kappa shape index (κ2) is 10.8. The van der Waals surface area contributed by atoms with Crippen LogP contribution < -0.4 is 21.7 Å². The molecule has 0 aromatic rings. The van der Waals surface area contributed by atoms with Crippen LogP contribution in [-0.4, -0.2) is 59.8 Å². The van der Waals surface area contributed by atoms with Crippen molar-refractivity contribution in [2.45, 2.75) is 64.8 Å². The Kier molecular flexibility index (Phi) is 9.03. The summed E-state index contributed by atoms with van der Waals surface area (Å²) in [5.41, 5.74) is 5.03. The molecular weight excluding hydrogens is 392 g/mol. The molecule has 4 unspecified atom stereocenters. The van der Waals surface area contributed by atoms with E-state index in [1.807, 2.05) is 20.8 Å². The first-order valence-electron chi connectivity index (χ1n) is 9.67. The summed E-state index contributed by atoms with van der Waals surface area (Å²) in [5.74, 6) is -1.65. The molecular formula is C20H32N4O6. The standard InChI is InChI=1S/C20H32N4O6/c1-6-7-22-19(29)30-14-9-12(18(28)23-11(2)17(21)27)8-13(16(14)26)24-15(25)10-20(3,4)5/h6,8,11,13-14,16,26H,1,7,9-10H2,2-5H3,(H2,21,27)(H,22,29)(H,23,28)(H,24,25). The molecule has 168 valence electrons. The normalized spacial score (nSPS) is 22.2. The van der Waals surface area contributed by atoms with Gasteiger partial charge in [0, 0.05) is 25.0 Å². The number of primary amides is 1. The molecule has 1 aliphatic carbocycles. The number of aliphatic hydroxyl groups is 1. The topological polar surface area (TPSA) is 160 Å². The first-order chi connectivity index (χ1) is 13.8. The van der Waals surface area contributed by atoms with Crippen LogP contribution in [0.2, 0.25) is 0 Å². The highest BCUT2D eigenvalue weighted by atomic mass is 16.6. The number of alkyl carbamates (subject to hydrolysis) is 1. The third kappa shape index (κ3) is 8.24. The van der Waals surface area contributed by atoms with E-state index in [-0.39, 0.29) is 36.3 Å². The maximum absolute atomic E-state index is 12.5. The van der Waals surface area contributed by atoms with Gasteiger partial charge >= 0.3 is 6.09 Å². The smallest absolute Gasteiger partial charge is 0.407 e. The van der Waals surface area contributed by atoms with E-state index in [1.54, 1.807) is 0 Å². The third-order valence-corrected chi connectivity index (χ3v) is 4.28. The summed E-state index contributed by atoms with van der Waals surface area (Å²) in [6.45, 7) is 10.7. The molecule has 0 saturated carbocycles. The van der Waals surface area contributed by atoms with Crippen LogP contribution in [0, 0.1) is 5.41 Å². The number of hydrogen-bond donors (Lipinski definition) is 5. The molecule has 4 atom stereocenters. The fraction of sp³-hybridized carbons (Fsp3) is 0.600. The van der Waals surface area contributed by atoms with Crippen molar-refractivity contribution in [3.05, 3.63) is 24.3 Å². The Balaban J connectivity index is 3.04. The van der Waals surface area contributed by atoms with Crippen LogP contribution >= 0.6 is 0 Å². The van der Waals surface area contributed by atoms with Crippen molar-refractivity contribution in [1.82, 2.24) is 16.0 Å². The number of carbonyl (C=O) groups is 4. The molecule has 0 fully saturated rings. The van der Waals surface area contributed by atoms with Crippen LogP contribution in [0.4, 0.5) is 4.79 Å². The molecule has 0 radical (unpaired) electrons. The quantitative estimate of drug-likeness (QED) is 0.341. The average Bonchev–Trinajstić information content (AvgIpc) is 2.61. The number of hydrogen-bond acceptors (Lipinski definition) is 6. The van der Waals surface area contributed by atoms with E-state index < -0.39 is 42.2 Å². The van der Waals surface area contributed by atoms with Crippen molar-refractivity contribution in [3.8, 4) is 0 Å². The summed E-state index contributed by atoms with van der Waals surface area (Å²) < 4.78 is 5.24. The molecule has 6 N–H and O–H groups in total. The van der Waals surface area contributed by atoms with Gasteiger partial charge in [-0.1, -0.05) is 32.9 Å². The Morgan fingerprint density at radius 1 is 1.37 bits per heavy atom. The molecule has 10 nitrogen and oxygen atoms in total. The molecule has 10 heteroatoms. The highest BCUT2D eigenvalue weighted by molar-refractivity contribution is 5.97. The molecule has 0 bridgehead atoms. The SMILES string of the molecule is C=CCNC(=O)OC1CC(C(=O)NC(C)C(N)=O)=CC(NC(=O)CC(C)(C)C)C1O. The van der Waals surface area contributed by atoms with Crippen molar-refractivity contribution >= 4 is 23.8 Å². The van der Waals surface area contributed by atoms with Gasteiger partial charge in [0.2, 0.25) is 17.7 Å². The van der Waals surface area contributed by atoms with E-state index >= 15 is 0 Å². The molecule has 0 saturated heterocycles. The van der Waals surface area contributed by atoms with Crippen LogP contribution in [0.15, 0.2) is 24.3 Å². The van der Waals surface area contributed by atoms with Gasteiger partial charge in [-0.2, -0.15) is 0 Å². The lowest BCUT2D eigenvalue weighted by molar-refractivity contribution is -0.126. The molecule has 30 heavy (non-hydrogen) atoms. The largest absolute Gasteiger partial charge is 0.443 e. The van der Waals surface area contributed by atoms with E-state index in [0.717, 1.165) is 0 Å². The Morgan fingerprint density at radius 2 is 2.00 bits per heavy atom. The zero-order chi connectivity index (χ0) is 23.1. The number of rotatable bonds is 8. The zero-order valence-electron chi connectivity index (χ0n) is 17.9. The van der Waals surface area contributed by atoms with Gasteiger partial charge in [0.05, 0.1) is 6.04 Å². The Morgan fingerprint density at radius 3 is 2.53 bits per heavy atom. The van der Waals surface area contributed by atoms with Crippen molar-refractivity contribution in [2.75, 3.05) is 6.54 Å². The van der Waals surface area contributed by atoms with Crippen LogP contribution in [0.3, 0.4) is 0 Å². The van der Waals surface area contributed by atoms with Gasteiger partial charge in [-0.15, -0.1) is 6.58 Å². The van der Waals surface area contributed by atoms with Crippen molar-refractivity contribution < 1.29 is 29.0 Å². The van der Waals surface area contributed by atoms with E-state index in [1.165, 1.54) is 19.1 Å². The number of aliphatic hydroxyl groups excluding tert-OH is 1. The highest BCUT2D eigenvalue weighted by Gasteiger charge is 2.38. The van der Waals surface area contributed by atoms with E-state index in [9.17, 15) is 24.3 Å². The molecule has 4 amide bonds. The van der Waals surface area contributed by atoms with Gasteiger partial charge in [-0.25, -0.2) is 4.79 Å². The monoisotopic (exact) mass is 424 g/mol. The van der Waals surface area contributed by atoms with Crippen molar-refractivity contribution in [2.24, 2.45) is 11.1 Å². The van der Waals surface area contributed by atoms with Gasteiger partial charge in [-0.3, -0.25) is 14.4 Å². The number of nitrogens with two attached hydrogens (primary N) is 1. The summed E-state index contributed by atoms with van der Waals surface area (Å²) in [4.78, 5) is 48.0. The van der Waals surface area contributed by atoms with E-state index in [2.05, 4.69) is 22.5 Å². The van der Waals surface area contributed by atoms with Crippen LogP contribution in [0.25, 0.3) is 0 Å². The Labute approximate surface area is 176 Å². The molecule has 1 aliphatic rings. The maximum atomic E-state index is 12.5. The van der Waals surface area contributed by atoms with Crippen molar-refractivity contribution in [1.29, 1.82) is 0 Å². The second-order valence-corrected chi connectivity index (χ2v) is 8.43.